The third-order valence-electron chi connectivity index (χ3n) is 2.69. The van der Waals surface area contributed by atoms with E-state index in [2.05, 4.69) is 19.4 Å². The van der Waals surface area contributed by atoms with E-state index in [4.69, 9.17) is 9.47 Å². The molecule has 0 saturated carbocycles. The second kappa shape index (κ2) is 6.42. The molecular weight excluding hydrogens is 290 g/mol. The van der Waals surface area contributed by atoms with Crippen LogP contribution in [0.4, 0.5) is 0 Å². The van der Waals surface area contributed by atoms with Gasteiger partial charge in [0.2, 0.25) is 0 Å². The highest BCUT2D eigenvalue weighted by molar-refractivity contribution is 7.07. The Hall–Kier alpha value is -2.32. The first-order valence-electron chi connectivity index (χ1n) is 6.29. The van der Waals surface area contributed by atoms with Gasteiger partial charge in [-0.05, 0) is 12.1 Å². The van der Waals surface area contributed by atoms with Crippen LogP contribution in [0.25, 0.3) is 5.69 Å². The van der Waals surface area contributed by atoms with E-state index >= 15 is 0 Å². The molecule has 108 valence electrons. The summed E-state index contributed by atoms with van der Waals surface area (Å²) >= 11 is 1.22. The van der Waals surface area contributed by atoms with Crippen molar-refractivity contribution in [2.45, 2.75) is 6.42 Å². The molecule has 0 spiro atoms. The predicted octanol–water partition coefficient (Wildman–Crippen LogP) is 2.10. The van der Waals surface area contributed by atoms with Crippen molar-refractivity contribution in [3.05, 3.63) is 42.7 Å². The first-order chi connectivity index (χ1) is 10.3. The van der Waals surface area contributed by atoms with E-state index in [1.54, 1.807) is 18.1 Å². The van der Waals surface area contributed by atoms with Gasteiger partial charge in [-0.3, -0.25) is 0 Å². The van der Waals surface area contributed by atoms with Crippen LogP contribution in [0.2, 0.25) is 0 Å². The fraction of sp³-hybridized carbons (Fsp3) is 0.231. The summed E-state index contributed by atoms with van der Waals surface area (Å²) < 4.78 is 16.6. The molecule has 2 heterocycles. The van der Waals surface area contributed by atoms with Crippen LogP contribution < -0.4 is 4.74 Å². The summed E-state index contributed by atoms with van der Waals surface area (Å²) in [6, 6.07) is 7.53. The lowest BCUT2D eigenvalue weighted by molar-refractivity contribution is 0.200. The van der Waals surface area contributed by atoms with E-state index in [9.17, 15) is 0 Å². The van der Waals surface area contributed by atoms with Gasteiger partial charge in [0.1, 0.15) is 24.2 Å². The summed E-state index contributed by atoms with van der Waals surface area (Å²) in [6.45, 7) is 0.595. The molecule has 3 rings (SSSR count). The van der Waals surface area contributed by atoms with Gasteiger partial charge in [0.05, 0.1) is 12.3 Å². The van der Waals surface area contributed by atoms with E-state index in [-0.39, 0.29) is 0 Å². The summed E-state index contributed by atoms with van der Waals surface area (Å²) in [5, 5.41) is 4.59. The fourth-order valence-electron chi connectivity index (χ4n) is 1.71. The molecule has 0 aliphatic carbocycles. The van der Waals surface area contributed by atoms with E-state index in [0.29, 0.717) is 24.0 Å². The second-order valence-corrected chi connectivity index (χ2v) is 4.87. The Balaban J connectivity index is 1.73. The molecule has 0 fully saturated rings. The maximum absolute atomic E-state index is 5.72. The summed E-state index contributed by atoms with van der Waals surface area (Å²) in [7, 11) is 1.65. The summed E-state index contributed by atoms with van der Waals surface area (Å²) in [6.07, 6.45) is 3.79. The fourth-order valence-corrected chi connectivity index (χ4v) is 2.30. The lowest BCUT2D eigenvalue weighted by Crippen LogP contribution is -1.96. The quantitative estimate of drug-likeness (QED) is 0.694. The van der Waals surface area contributed by atoms with Crippen molar-refractivity contribution < 1.29 is 9.47 Å². The standard InChI is InChI=1S/C13H13N5O2S/c1-19-6-5-12-16-13(21-17-12)20-11-4-2-3-10(7-11)18-9-14-8-15-18/h2-4,7-9H,5-6H2,1H3. The van der Waals surface area contributed by atoms with Crippen molar-refractivity contribution in [1.82, 2.24) is 24.1 Å². The minimum Gasteiger partial charge on any atom is -0.430 e. The molecule has 0 N–H and O–H groups in total. The zero-order valence-electron chi connectivity index (χ0n) is 11.3. The monoisotopic (exact) mass is 303 g/mol. The maximum Gasteiger partial charge on any atom is 0.298 e. The lowest BCUT2D eigenvalue weighted by Gasteiger charge is -2.04. The highest BCUT2D eigenvalue weighted by Crippen LogP contribution is 2.24. The molecule has 0 radical (unpaired) electrons. The number of nitrogens with zero attached hydrogens (tertiary/aromatic N) is 5. The Labute approximate surface area is 125 Å². The van der Waals surface area contributed by atoms with Crippen molar-refractivity contribution in [3.63, 3.8) is 0 Å². The molecule has 21 heavy (non-hydrogen) atoms. The third-order valence-corrected chi connectivity index (χ3v) is 3.32. The van der Waals surface area contributed by atoms with Crippen LogP contribution in [-0.4, -0.2) is 37.8 Å². The highest BCUT2D eigenvalue weighted by atomic mass is 32.1. The largest absolute Gasteiger partial charge is 0.430 e. The van der Waals surface area contributed by atoms with Gasteiger partial charge in [0.15, 0.2) is 0 Å². The molecule has 0 aliphatic rings. The van der Waals surface area contributed by atoms with Gasteiger partial charge >= 0.3 is 0 Å². The number of rotatable bonds is 6. The Kier molecular flexibility index (Phi) is 4.17. The molecule has 8 heteroatoms. The van der Waals surface area contributed by atoms with Gasteiger partial charge in [-0.2, -0.15) is 14.5 Å². The van der Waals surface area contributed by atoms with E-state index in [1.165, 1.54) is 17.9 Å². The van der Waals surface area contributed by atoms with Gasteiger partial charge in [0.25, 0.3) is 5.19 Å². The molecule has 0 bridgehead atoms. The van der Waals surface area contributed by atoms with Crippen molar-refractivity contribution in [3.8, 4) is 16.6 Å². The Bertz CT molecular complexity index is 698. The average Bonchev–Trinajstić information content (AvgIpc) is 3.17. The van der Waals surface area contributed by atoms with Crippen molar-refractivity contribution in [1.29, 1.82) is 0 Å². The molecular formula is C13H13N5O2S. The summed E-state index contributed by atoms with van der Waals surface area (Å²) in [5.41, 5.74) is 0.870. The molecule has 7 nitrogen and oxygen atoms in total. The first-order valence-corrected chi connectivity index (χ1v) is 7.07. The molecule has 0 atom stereocenters. The van der Waals surface area contributed by atoms with Crippen LogP contribution in [0.3, 0.4) is 0 Å². The molecule has 0 amide bonds. The van der Waals surface area contributed by atoms with Gasteiger partial charge < -0.3 is 9.47 Å². The molecule has 1 aromatic carbocycles. The van der Waals surface area contributed by atoms with E-state index in [1.807, 2.05) is 24.3 Å². The predicted molar refractivity (Wildman–Crippen MR) is 76.9 cm³/mol. The molecule has 0 aliphatic heterocycles. The van der Waals surface area contributed by atoms with Gasteiger partial charge in [-0.15, -0.1) is 0 Å². The zero-order chi connectivity index (χ0) is 14.5. The van der Waals surface area contributed by atoms with Gasteiger partial charge in [-0.1, -0.05) is 6.07 Å². The Morgan fingerprint density at radius 2 is 2.29 bits per heavy atom. The number of methoxy groups -OCH3 is 1. The van der Waals surface area contributed by atoms with Crippen LogP contribution >= 0.6 is 11.5 Å². The normalized spacial score (nSPS) is 10.7. The Morgan fingerprint density at radius 3 is 3.10 bits per heavy atom. The van der Waals surface area contributed by atoms with Gasteiger partial charge in [-0.25, -0.2) is 9.67 Å². The topological polar surface area (TPSA) is 75.0 Å². The molecule has 0 unspecified atom stereocenters. The number of ether oxygens (including phenoxy) is 2. The van der Waals surface area contributed by atoms with Crippen LogP contribution in [-0.2, 0) is 11.2 Å². The van der Waals surface area contributed by atoms with Crippen molar-refractivity contribution >= 4 is 11.5 Å². The average molecular weight is 303 g/mol. The number of benzene rings is 1. The minimum atomic E-state index is 0.511. The maximum atomic E-state index is 5.72. The molecule has 2 aromatic heterocycles. The van der Waals surface area contributed by atoms with Crippen LogP contribution in [0.5, 0.6) is 10.9 Å². The minimum absolute atomic E-state index is 0.511. The molecule has 0 saturated heterocycles. The molecule has 3 aromatic rings. The highest BCUT2D eigenvalue weighted by Gasteiger charge is 2.07. The SMILES string of the molecule is COCCc1nsc(Oc2cccc(-n3cncn3)c2)n1. The smallest absolute Gasteiger partial charge is 0.298 e. The van der Waals surface area contributed by atoms with Crippen LogP contribution in [0.1, 0.15) is 5.82 Å². The van der Waals surface area contributed by atoms with Gasteiger partial charge in [0, 0.05) is 31.1 Å². The van der Waals surface area contributed by atoms with E-state index < -0.39 is 0 Å². The lowest BCUT2D eigenvalue weighted by atomic mass is 10.3. The van der Waals surface area contributed by atoms with Crippen molar-refractivity contribution in [2.75, 3.05) is 13.7 Å². The zero-order valence-corrected chi connectivity index (χ0v) is 12.2. The third kappa shape index (κ3) is 3.41. The Morgan fingerprint density at radius 1 is 1.33 bits per heavy atom. The first kappa shape index (κ1) is 13.7. The van der Waals surface area contributed by atoms with Crippen molar-refractivity contribution in [2.24, 2.45) is 0 Å². The second-order valence-electron chi connectivity index (χ2n) is 4.16. The number of hydrogen-bond acceptors (Lipinski definition) is 7. The van der Waals surface area contributed by atoms with E-state index in [0.717, 1.165) is 11.5 Å². The summed E-state index contributed by atoms with van der Waals surface area (Å²) in [5.74, 6) is 1.40. The summed E-state index contributed by atoms with van der Waals surface area (Å²) in [4.78, 5) is 8.23. The van der Waals surface area contributed by atoms with Crippen LogP contribution in [0, 0.1) is 0 Å². The van der Waals surface area contributed by atoms with Crippen LogP contribution in [0.15, 0.2) is 36.9 Å². The number of aromatic nitrogens is 5. The number of hydrogen-bond donors (Lipinski definition) is 0.